The lowest BCUT2D eigenvalue weighted by Gasteiger charge is -2.27. The number of aliphatic imine (C=N–C) groups is 1. The Labute approximate surface area is 203 Å². The first-order valence-electron chi connectivity index (χ1n) is 10.6. The van der Waals surface area contributed by atoms with Crippen LogP contribution in [0.25, 0.3) is 0 Å². The van der Waals surface area contributed by atoms with Crippen molar-refractivity contribution in [1.82, 2.24) is 15.2 Å². The lowest BCUT2D eigenvalue weighted by Crippen LogP contribution is -2.50. The fourth-order valence-corrected chi connectivity index (χ4v) is 4.19. The van der Waals surface area contributed by atoms with Gasteiger partial charge < -0.3 is 15.1 Å². The number of aromatic nitrogens is 1. The highest BCUT2D eigenvalue weighted by molar-refractivity contribution is 7.80. The minimum atomic E-state index is -0.879. The van der Waals surface area contributed by atoms with Gasteiger partial charge in [-0.05, 0) is 55.0 Å². The number of nitrogens with zero attached hydrogens (tertiary/aromatic N) is 4. The van der Waals surface area contributed by atoms with Gasteiger partial charge in [-0.2, -0.15) is 0 Å². The summed E-state index contributed by atoms with van der Waals surface area (Å²) in [5, 5.41) is 4.23. The minimum absolute atomic E-state index is 0.202. The average Bonchev–Trinajstić information content (AvgIpc) is 2.94. The number of rotatable bonds is 5. The zero-order valence-electron chi connectivity index (χ0n) is 18.4. The predicted octanol–water partition coefficient (Wildman–Crippen LogP) is 4.27. The molecule has 2 aromatic carbocycles. The van der Waals surface area contributed by atoms with E-state index in [1.807, 2.05) is 66.4 Å². The van der Waals surface area contributed by atoms with Crippen LogP contribution in [0.5, 0.6) is 0 Å². The number of hydrogen-bond donors (Lipinski definition) is 1. The molecule has 33 heavy (non-hydrogen) atoms. The van der Waals surface area contributed by atoms with E-state index in [0.717, 1.165) is 22.4 Å². The molecule has 1 amide bonds. The Balaban J connectivity index is 1.69. The summed E-state index contributed by atoms with van der Waals surface area (Å²) < 4.78 is 0. The second-order valence-corrected chi connectivity index (χ2v) is 8.45. The van der Waals surface area contributed by atoms with Gasteiger partial charge in [-0.25, -0.2) is 4.99 Å². The van der Waals surface area contributed by atoms with Crippen LogP contribution in [-0.4, -0.2) is 46.4 Å². The zero-order valence-corrected chi connectivity index (χ0v) is 20.0. The maximum atomic E-state index is 13.4. The number of amides is 1. The van der Waals surface area contributed by atoms with Crippen molar-refractivity contribution in [1.29, 1.82) is 0 Å². The van der Waals surface area contributed by atoms with E-state index in [1.54, 1.807) is 30.4 Å². The number of carbonyl (C=O) groups excluding carboxylic acids is 1. The number of fused-ring (bicyclic) bond motifs is 1. The van der Waals surface area contributed by atoms with E-state index < -0.39 is 6.17 Å². The molecule has 1 aliphatic rings. The second kappa shape index (κ2) is 10.1. The van der Waals surface area contributed by atoms with Gasteiger partial charge in [-0.1, -0.05) is 41.9 Å². The number of likely N-dealkylation sites (N-methyl/N-ethyl adjacent to an activating group) is 1. The summed E-state index contributed by atoms with van der Waals surface area (Å²) in [4.78, 5) is 25.9. The van der Waals surface area contributed by atoms with Gasteiger partial charge in [0.25, 0.3) is 5.91 Å². The first-order chi connectivity index (χ1) is 16.0. The summed E-state index contributed by atoms with van der Waals surface area (Å²) in [6, 6.07) is 19.1. The number of nitrogens with one attached hydrogen (secondary N) is 1. The monoisotopic (exact) mass is 477 g/mol. The number of pyridine rings is 1. The quantitative estimate of drug-likeness (QED) is 0.556. The Morgan fingerprint density at radius 2 is 1.88 bits per heavy atom. The van der Waals surface area contributed by atoms with E-state index in [-0.39, 0.29) is 5.91 Å². The highest BCUT2D eigenvalue weighted by atomic mass is 35.5. The third-order valence-corrected chi connectivity index (χ3v) is 6.11. The largest absolute Gasteiger partial charge is 0.345 e. The average molecular weight is 478 g/mol. The van der Waals surface area contributed by atoms with E-state index in [1.165, 1.54) is 0 Å². The molecule has 1 aliphatic heterocycles. The molecular weight excluding hydrogens is 454 g/mol. The van der Waals surface area contributed by atoms with Crippen molar-refractivity contribution in [3.8, 4) is 0 Å². The molecule has 0 saturated heterocycles. The van der Waals surface area contributed by atoms with Crippen molar-refractivity contribution >= 4 is 46.2 Å². The lowest BCUT2D eigenvalue weighted by molar-refractivity contribution is -0.119. The van der Waals surface area contributed by atoms with E-state index in [0.29, 0.717) is 28.9 Å². The fraction of sp³-hybridized carbons (Fsp3) is 0.200. The van der Waals surface area contributed by atoms with Crippen molar-refractivity contribution < 1.29 is 4.79 Å². The Hall–Kier alpha value is -3.29. The Bertz CT molecular complexity index is 1190. The first kappa shape index (κ1) is 22.9. The minimum Gasteiger partial charge on any atom is -0.345 e. The van der Waals surface area contributed by atoms with Crippen molar-refractivity contribution in [2.45, 2.75) is 19.6 Å². The summed E-state index contributed by atoms with van der Waals surface area (Å²) >= 11 is 12.0. The normalized spacial score (nSPS) is 15.4. The summed E-state index contributed by atoms with van der Waals surface area (Å²) in [7, 11) is 1.74. The van der Waals surface area contributed by atoms with Gasteiger partial charge in [0.15, 0.2) is 5.11 Å². The molecule has 1 unspecified atom stereocenters. The van der Waals surface area contributed by atoms with Gasteiger partial charge >= 0.3 is 0 Å². The molecule has 4 rings (SSSR count). The van der Waals surface area contributed by atoms with Crippen LogP contribution in [0.4, 0.5) is 5.69 Å². The molecule has 2 heterocycles. The van der Waals surface area contributed by atoms with Gasteiger partial charge in [-0.15, -0.1) is 0 Å². The van der Waals surface area contributed by atoms with Crippen LogP contribution in [0.1, 0.15) is 23.6 Å². The van der Waals surface area contributed by atoms with Crippen LogP contribution in [-0.2, 0) is 11.3 Å². The molecule has 0 fully saturated rings. The third kappa shape index (κ3) is 5.05. The highest BCUT2D eigenvalue weighted by Gasteiger charge is 2.31. The van der Waals surface area contributed by atoms with Crippen molar-refractivity contribution in [2.24, 2.45) is 4.99 Å². The van der Waals surface area contributed by atoms with Crippen molar-refractivity contribution in [3.05, 3.63) is 94.8 Å². The van der Waals surface area contributed by atoms with E-state index in [2.05, 4.69) is 10.3 Å². The fourth-order valence-electron chi connectivity index (χ4n) is 3.71. The van der Waals surface area contributed by atoms with E-state index in [4.69, 9.17) is 28.8 Å². The van der Waals surface area contributed by atoms with Crippen LogP contribution in [0, 0.1) is 0 Å². The number of carbonyl (C=O) groups is 1. The number of anilines is 1. The summed E-state index contributed by atoms with van der Waals surface area (Å²) in [6.07, 6.45) is 2.63. The van der Waals surface area contributed by atoms with Gasteiger partial charge in [-0.3, -0.25) is 9.78 Å². The smallest absolute Gasteiger partial charge is 0.272 e. The topological polar surface area (TPSA) is 60.8 Å². The molecule has 3 aromatic rings. The summed E-state index contributed by atoms with van der Waals surface area (Å²) in [5.74, 6) is -0.202. The molecular formula is C25H24ClN5OS. The van der Waals surface area contributed by atoms with Crippen LogP contribution >= 0.6 is 23.8 Å². The second-order valence-electron chi connectivity index (χ2n) is 7.62. The molecule has 0 bridgehead atoms. The zero-order chi connectivity index (χ0) is 23.4. The number of benzene rings is 2. The standard InChI is InChI=1S/C25H24ClN5OS/c1-3-31(16-17-11-13-27-14-12-17)25(33)29-23-24(32)30(2)21-10-9-19(26)15-20(21)22(28-23)18-7-5-4-6-8-18/h4-15,23H,3,16H2,1-2H3,(H,29,33). The van der Waals surface area contributed by atoms with Crippen molar-refractivity contribution in [2.75, 3.05) is 18.5 Å². The van der Waals surface area contributed by atoms with Crippen LogP contribution in [0.3, 0.4) is 0 Å². The maximum Gasteiger partial charge on any atom is 0.272 e. The Kier molecular flexibility index (Phi) is 7.01. The SMILES string of the molecule is CCN(Cc1ccncc1)C(=S)NC1N=C(c2ccccc2)c2cc(Cl)ccc2N(C)C1=O. The molecule has 168 valence electrons. The Morgan fingerprint density at radius 3 is 2.58 bits per heavy atom. The molecule has 0 aliphatic carbocycles. The molecule has 1 atom stereocenters. The van der Waals surface area contributed by atoms with Crippen molar-refractivity contribution in [3.63, 3.8) is 0 Å². The molecule has 0 spiro atoms. The lowest BCUT2D eigenvalue weighted by atomic mass is 10.0. The summed E-state index contributed by atoms with van der Waals surface area (Å²) in [6.45, 7) is 3.30. The summed E-state index contributed by atoms with van der Waals surface area (Å²) in [5.41, 5.74) is 4.19. The third-order valence-electron chi connectivity index (χ3n) is 5.50. The number of hydrogen-bond acceptors (Lipinski definition) is 4. The molecule has 1 N–H and O–H groups in total. The first-order valence-corrected chi connectivity index (χ1v) is 11.4. The van der Waals surface area contributed by atoms with Crippen LogP contribution in [0.15, 0.2) is 78.0 Å². The number of halogens is 1. The molecule has 6 nitrogen and oxygen atoms in total. The van der Waals surface area contributed by atoms with Gasteiger partial charge in [0, 0.05) is 48.7 Å². The number of benzodiazepines with no additional fused rings is 1. The van der Waals surface area contributed by atoms with Gasteiger partial charge in [0.05, 0.1) is 11.4 Å². The molecule has 8 heteroatoms. The molecule has 0 radical (unpaired) electrons. The van der Waals surface area contributed by atoms with E-state index in [9.17, 15) is 4.79 Å². The van der Waals surface area contributed by atoms with Crippen LogP contribution < -0.4 is 10.2 Å². The van der Waals surface area contributed by atoms with Gasteiger partial charge in [0.1, 0.15) is 0 Å². The van der Waals surface area contributed by atoms with Crippen LogP contribution in [0.2, 0.25) is 5.02 Å². The van der Waals surface area contributed by atoms with E-state index >= 15 is 0 Å². The molecule has 0 saturated carbocycles. The van der Waals surface area contributed by atoms with Gasteiger partial charge in [0.2, 0.25) is 6.17 Å². The maximum absolute atomic E-state index is 13.4. The molecule has 1 aromatic heterocycles. The number of thiocarbonyl (C=S) groups is 1. The highest BCUT2D eigenvalue weighted by Crippen LogP contribution is 2.30. The Morgan fingerprint density at radius 1 is 1.15 bits per heavy atom. The predicted molar refractivity (Wildman–Crippen MR) is 137 cm³/mol.